The van der Waals surface area contributed by atoms with Crippen LogP contribution in [0.4, 0.5) is 0 Å². The lowest BCUT2D eigenvalue weighted by Gasteiger charge is -2.40. The quantitative estimate of drug-likeness (QED) is 0.870. The minimum Gasteiger partial charge on any atom is -0.341 e. The first-order valence-electron chi connectivity index (χ1n) is 9.23. The van der Waals surface area contributed by atoms with Gasteiger partial charge in [-0.15, -0.1) is 0 Å². The summed E-state index contributed by atoms with van der Waals surface area (Å²) in [6, 6.07) is 6.68. The van der Waals surface area contributed by atoms with Crippen LogP contribution in [0.5, 0.6) is 0 Å². The molecular formula is C19H26N4O. The second kappa shape index (κ2) is 6.93. The molecule has 0 saturated carbocycles. The normalized spacial score (nSPS) is 20.6. The SMILES string of the molecule is O=C(Cn1ccc2cccnc21)N1CCC(N2CCCCC2)CC1. The number of carbonyl (C=O) groups is 1. The van der Waals surface area contributed by atoms with Crippen LogP contribution < -0.4 is 0 Å². The average Bonchev–Trinajstić information content (AvgIpc) is 3.06. The number of carbonyl (C=O) groups excluding carboxylic acids is 1. The van der Waals surface area contributed by atoms with Crippen molar-refractivity contribution in [3.63, 3.8) is 0 Å². The summed E-state index contributed by atoms with van der Waals surface area (Å²) in [6.07, 6.45) is 10.1. The average molecular weight is 326 g/mol. The van der Waals surface area contributed by atoms with E-state index in [0.29, 0.717) is 12.6 Å². The van der Waals surface area contributed by atoms with E-state index >= 15 is 0 Å². The highest BCUT2D eigenvalue weighted by atomic mass is 16.2. The Morgan fingerprint density at radius 1 is 1.08 bits per heavy atom. The van der Waals surface area contributed by atoms with Crippen molar-refractivity contribution >= 4 is 16.9 Å². The first-order valence-corrected chi connectivity index (χ1v) is 9.23. The van der Waals surface area contributed by atoms with Gasteiger partial charge in [-0.3, -0.25) is 4.79 Å². The largest absolute Gasteiger partial charge is 0.341 e. The topological polar surface area (TPSA) is 41.4 Å². The Morgan fingerprint density at radius 3 is 2.67 bits per heavy atom. The fraction of sp³-hybridized carbons (Fsp3) is 0.579. The molecular weight excluding hydrogens is 300 g/mol. The van der Waals surface area contributed by atoms with Crippen LogP contribution >= 0.6 is 0 Å². The molecule has 2 saturated heterocycles. The monoisotopic (exact) mass is 326 g/mol. The maximum atomic E-state index is 12.7. The summed E-state index contributed by atoms with van der Waals surface area (Å²) in [7, 11) is 0. The third-order valence-electron chi connectivity index (χ3n) is 5.55. The zero-order valence-electron chi connectivity index (χ0n) is 14.2. The minimum absolute atomic E-state index is 0.218. The van der Waals surface area contributed by atoms with Crippen molar-refractivity contribution < 1.29 is 4.79 Å². The predicted molar refractivity (Wildman–Crippen MR) is 94.8 cm³/mol. The number of hydrogen-bond acceptors (Lipinski definition) is 3. The number of pyridine rings is 1. The van der Waals surface area contributed by atoms with Crippen LogP contribution in [0.15, 0.2) is 30.6 Å². The molecule has 0 N–H and O–H groups in total. The molecule has 1 amide bonds. The maximum absolute atomic E-state index is 12.7. The van der Waals surface area contributed by atoms with Crippen LogP contribution in [0.3, 0.4) is 0 Å². The molecule has 5 heteroatoms. The van der Waals surface area contributed by atoms with Crippen molar-refractivity contribution in [3.8, 4) is 0 Å². The predicted octanol–water partition coefficient (Wildman–Crippen LogP) is 2.51. The molecule has 2 aromatic heterocycles. The van der Waals surface area contributed by atoms with Crippen LogP contribution in [-0.4, -0.2) is 57.5 Å². The third-order valence-corrected chi connectivity index (χ3v) is 5.55. The molecule has 5 nitrogen and oxygen atoms in total. The van der Waals surface area contributed by atoms with Gasteiger partial charge in [0, 0.05) is 36.9 Å². The van der Waals surface area contributed by atoms with Crippen molar-refractivity contribution in [3.05, 3.63) is 30.6 Å². The highest BCUT2D eigenvalue weighted by Crippen LogP contribution is 2.21. The number of nitrogens with zero attached hydrogens (tertiary/aromatic N) is 4. The second-order valence-corrected chi connectivity index (χ2v) is 7.07. The van der Waals surface area contributed by atoms with Gasteiger partial charge in [0.25, 0.3) is 0 Å². The Morgan fingerprint density at radius 2 is 1.88 bits per heavy atom. The van der Waals surface area contributed by atoms with Gasteiger partial charge in [-0.2, -0.15) is 0 Å². The molecule has 128 valence electrons. The van der Waals surface area contributed by atoms with Crippen molar-refractivity contribution in [2.45, 2.75) is 44.7 Å². The van der Waals surface area contributed by atoms with E-state index in [2.05, 4.69) is 9.88 Å². The van der Waals surface area contributed by atoms with E-state index in [4.69, 9.17) is 0 Å². The Balaban J connectivity index is 1.34. The summed E-state index contributed by atoms with van der Waals surface area (Å²) in [5.41, 5.74) is 0.897. The standard InChI is InChI=1S/C19H26N4O/c24-18(15-23-12-6-16-5-4-9-20-19(16)23)22-13-7-17(8-14-22)21-10-2-1-3-11-21/h4-6,9,12,17H,1-3,7-8,10-11,13-15H2. The zero-order valence-corrected chi connectivity index (χ0v) is 14.2. The van der Waals surface area contributed by atoms with Gasteiger partial charge in [0.1, 0.15) is 12.2 Å². The van der Waals surface area contributed by atoms with Gasteiger partial charge < -0.3 is 14.4 Å². The van der Waals surface area contributed by atoms with Crippen molar-refractivity contribution in [1.29, 1.82) is 0 Å². The van der Waals surface area contributed by atoms with E-state index in [0.717, 1.165) is 37.0 Å². The molecule has 2 fully saturated rings. The van der Waals surface area contributed by atoms with Gasteiger partial charge in [0.05, 0.1) is 0 Å². The van der Waals surface area contributed by atoms with Gasteiger partial charge in [-0.1, -0.05) is 6.42 Å². The summed E-state index contributed by atoms with van der Waals surface area (Å²) < 4.78 is 1.97. The number of aromatic nitrogens is 2. The van der Waals surface area contributed by atoms with Crippen molar-refractivity contribution in [2.75, 3.05) is 26.2 Å². The number of piperidine rings is 2. The molecule has 4 rings (SSSR count). The number of rotatable bonds is 3. The Hall–Kier alpha value is -1.88. The van der Waals surface area contributed by atoms with E-state index < -0.39 is 0 Å². The van der Waals surface area contributed by atoms with Gasteiger partial charge in [0.15, 0.2) is 0 Å². The number of amides is 1. The molecule has 2 aliphatic heterocycles. The molecule has 4 heterocycles. The summed E-state index contributed by atoms with van der Waals surface area (Å²) in [6.45, 7) is 4.69. The molecule has 2 aromatic rings. The van der Waals surface area contributed by atoms with Crippen molar-refractivity contribution in [1.82, 2.24) is 19.4 Å². The van der Waals surface area contributed by atoms with Crippen LogP contribution in [0.2, 0.25) is 0 Å². The summed E-state index contributed by atoms with van der Waals surface area (Å²) in [5.74, 6) is 0.218. The molecule has 0 spiro atoms. The van der Waals surface area contributed by atoms with Gasteiger partial charge in [-0.25, -0.2) is 4.98 Å². The highest BCUT2D eigenvalue weighted by Gasteiger charge is 2.27. The summed E-state index contributed by atoms with van der Waals surface area (Å²) >= 11 is 0. The van der Waals surface area contributed by atoms with E-state index in [-0.39, 0.29) is 5.91 Å². The number of fused-ring (bicyclic) bond motifs is 1. The molecule has 24 heavy (non-hydrogen) atoms. The highest BCUT2D eigenvalue weighted by molar-refractivity contribution is 5.80. The Kier molecular flexibility index (Phi) is 4.52. The third kappa shape index (κ3) is 3.18. The maximum Gasteiger partial charge on any atom is 0.242 e. The molecule has 0 unspecified atom stereocenters. The van der Waals surface area contributed by atoms with Crippen LogP contribution in [0.1, 0.15) is 32.1 Å². The van der Waals surface area contributed by atoms with Gasteiger partial charge in [0.2, 0.25) is 5.91 Å². The van der Waals surface area contributed by atoms with Gasteiger partial charge >= 0.3 is 0 Å². The molecule has 2 aliphatic rings. The molecule has 0 radical (unpaired) electrons. The lowest BCUT2D eigenvalue weighted by molar-refractivity contribution is -0.133. The van der Waals surface area contributed by atoms with Gasteiger partial charge in [-0.05, 0) is 57.0 Å². The van der Waals surface area contributed by atoms with E-state index in [9.17, 15) is 4.79 Å². The van der Waals surface area contributed by atoms with E-state index in [1.165, 1.54) is 32.4 Å². The van der Waals surface area contributed by atoms with Crippen LogP contribution in [0.25, 0.3) is 11.0 Å². The van der Waals surface area contributed by atoms with Crippen LogP contribution in [-0.2, 0) is 11.3 Å². The first kappa shape index (κ1) is 15.6. The second-order valence-electron chi connectivity index (χ2n) is 7.07. The van der Waals surface area contributed by atoms with Crippen LogP contribution in [0, 0.1) is 0 Å². The lowest BCUT2D eigenvalue weighted by Crippen LogP contribution is -2.48. The zero-order chi connectivity index (χ0) is 16.4. The molecule has 0 aliphatic carbocycles. The first-order chi connectivity index (χ1) is 11.8. The minimum atomic E-state index is 0.218. The molecule has 0 bridgehead atoms. The Bertz CT molecular complexity index is 696. The summed E-state index contributed by atoms with van der Waals surface area (Å²) in [4.78, 5) is 21.7. The smallest absolute Gasteiger partial charge is 0.242 e. The fourth-order valence-electron chi connectivity index (χ4n) is 4.16. The number of likely N-dealkylation sites (tertiary alicyclic amines) is 2. The van der Waals surface area contributed by atoms with E-state index in [1.807, 2.05) is 33.9 Å². The van der Waals surface area contributed by atoms with E-state index in [1.54, 1.807) is 6.20 Å². The Labute approximate surface area is 143 Å². The lowest BCUT2D eigenvalue weighted by atomic mass is 10.00. The van der Waals surface area contributed by atoms with Crippen molar-refractivity contribution in [2.24, 2.45) is 0 Å². The molecule has 0 atom stereocenters. The summed E-state index contributed by atoms with van der Waals surface area (Å²) in [5, 5.41) is 1.09. The fourth-order valence-corrected chi connectivity index (χ4v) is 4.16. The molecule has 0 aromatic carbocycles. The number of hydrogen-bond donors (Lipinski definition) is 0.